The number of nitrogens with one attached hydrogen (secondary N) is 1. The zero-order valence-electron chi connectivity index (χ0n) is 24.5. The molecule has 10 nitrogen and oxygen atoms in total. The number of nitrogens with zero attached hydrogens (tertiary/aromatic N) is 5. The molecule has 1 aromatic heterocycles. The fourth-order valence-electron chi connectivity index (χ4n) is 4.46. The summed E-state index contributed by atoms with van der Waals surface area (Å²) in [5.74, 6) is -0.490. The van der Waals surface area contributed by atoms with Crippen molar-refractivity contribution in [2.24, 2.45) is 4.99 Å². The highest BCUT2D eigenvalue weighted by atomic mass is 32.2. The Kier molecular flexibility index (Phi) is 9.58. The molecule has 1 aliphatic rings. The molecule has 246 valence electrons. The standard InChI is InChI=1S/C30H24F6N6O4S/c1-17-3-4-20(13-45-15-29(31,32)33)24(11-17)42-25(43)14-47-28(42)39-27(44)38-23-10-5-19(12-18(23)2)26-37-16-41(40-26)21-6-8-22(9-7-21)46-30(34,35)36/h3-12,16H,13-15H2,1-2H3,(H,38,44). The van der Waals surface area contributed by atoms with Crippen molar-refractivity contribution in [3.8, 4) is 22.8 Å². The van der Waals surface area contributed by atoms with Gasteiger partial charge in [0.25, 0.3) is 0 Å². The third-order valence-corrected chi connectivity index (χ3v) is 7.44. The molecule has 2 heterocycles. The summed E-state index contributed by atoms with van der Waals surface area (Å²) in [6, 6.07) is 14.1. The lowest BCUT2D eigenvalue weighted by Gasteiger charge is -2.21. The third kappa shape index (κ3) is 8.68. The van der Waals surface area contributed by atoms with Crippen molar-refractivity contribution >= 4 is 40.2 Å². The van der Waals surface area contributed by atoms with Crippen molar-refractivity contribution in [3.63, 3.8) is 0 Å². The van der Waals surface area contributed by atoms with Crippen LogP contribution in [0.1, 0.15) is 16.7 Å². The normalized spacial score (nSPS) is 14.6. The van der Waals surface area contributed by atoms with E-state index in [1.807, 2.05) is 0 Å². The van der Waals surface area contributed by atoms with Crippen molar-refractivity contribution in [3.05, 3.63) is 83.7 Å². The van der Waals surface area contributed by atoms with Gasteiger partial charge < -0.3 is 14.8 Å². The minimum atomic E-state index is -4.81. The maximum Gasteiger partial charge on any atom is 0.573 e. The second-order valence-corrected chi connectivity index (χ2v) is 11.1. The molecule has 0 unspecified atom stereocenters. The number of rotatable bonds is 8. The Morgan fingerprint density at radius 2 is 1.77 bits per heavy atom. The van der Waals surface area contributed by atoms with Gasteiger partial charge >= 0.3 is 18.6 Å². The summed E-state index contributed by atoms with van der Waals surface area (Å²) in [4.78, 5) is 35.3. The number of alkyl halides is 6. The number of amidine groups is 1. The van der Waals surface area contributed by atoms with Crippen LogP contribution in [0.4, 0.5) is 42.5 Å². The van der Waals surface area contributed by atoms with E-state index >= 15 is 0 Å². The minimum absolute atomic E-state index is 0.0260. The molecule has 1 fully saturated rings. The number of hydrogen-bond donors (Lipinski definition) is 1. The number of carbonyl (C=O) groups excluding carboxylic acids is 2. The second kappa shape index (κ2) is 13.4. The van der Waals surface area contributed by atoms with Crippen LogP contribution in [0.25, 0.3) is 17.1 Å². The highest BCUT2D eigenvalue weighted by Crippen LogP contribution is 2.32. The first-order valence-electron chi connectivity index (χ1n) is 13.6. The lowest BCUT2D eigenvalue weighted by Crippen LogP contribution is -2.31. The van der Waals surface area contributed by atoms with Crippen LogP contribution in [-0.4, -0.2) is 56.8 Å². The maximum absolute atomic E-state index is 13.0. The van der Waals surface area contributed by atoms with Gasteiger partial charge in [0.1, 0.15) is 18.7 Å². The number of halogens is 6. The van der Waals surface area contributed by atoms with E-state index in [9.17, 15) is 35.9 Å². The van der Waals surface area contributed by atoms with E-state index in [0.717, 1.165) is 29.5 Å². The summed E-state index contributed by atoms with van der Waals surface area (Å²) in [5, 5.41) is 7.09. The van der Waals surface area contributed by atoms with Crippen LogP contribution >= 0.6 is 11.8 Å². The summed E-state index contributed by atoms with van der Waals surface area (Å²) >= 11 is 1.01. The smallest absolute Gasteiger partial charge is 0.406 e. The predicted molar refractivity (Wildman–Crippen MR) is 162 cm³/mol. The Hall–Kier alpha value is -4.90. The summed E-state index contributed by atoms with van der Waals surface area (Å²) in [6.07, 6.45) is -7.93. The van der Waals surface area contributed by atoms with Gasteiger partial charge in [0.2, 0.25) is 5.91 Å². The number of ether oxygens (including phenoxy) is 2. The number of benzene rings is 3. The van der Waals surface area contributed by atoms with Crippen molar-refractivity contribution in [1.29, 1.82) is 0 Å². The molecule has 0 atom stereocenters. The molecule has 4 aromatic rings. The van der Waals surface area contributed by atoms with E-state index < -0.39 is 37.7 Å². The van der Waals surface area contributed by atoms with Crippen LogP contribution < -0.4 is 15.0 Å². The highest BCUT2D eigenvalue weighted by molar-refractivity contribution is 8.15. The molecule has 17 heteroatoms. The number of aliphatic imine (C=N–C) groups is 1. The molecule has 0 aliphatic carbocycles. The van der Waals surface area contributed by atoms with E-state index in [1.54, 1.807) is 50.2 Å². The number of aromatic nitrogens is 3. The van der Waals surface area contributed by atoms with Gasteiger partial charge in [0.05, 0.1) is 23.7 Å². The second-order valence-electron chi connectivity index (χ2n) is 10.2. The van der Waals surface area contributed by atoms with Crippen LogP contribution in [-0.2, 0) is 16.1 Å². The maximum atomic E-state index is 13.0. The van der Waals surface area contributed by atoms with Gasteiger partial charge in [-0.2, -0.15) is 18.2 Å². The summed E-state index contributed by atoms with van der Waals surface area (Å²) in [7, 11) is 0. The first-order valence-corrected chi connectivity index (χ1v) is 14.6. The van der Waals surface area contributed by atoms with Crippen molar-refractivity contribution in [1.82, 2.24) is 14.8 Å². The van der Waals surface area contributed by atoms with Gasteiger partial charge in [0.15, 0.2) is 11.0 Å². The summed E-state index contributed by atoms with van der Waals surface area (Å²) in [6.45, 7) is 1.61. The first-order chi connectivity index (χ1) is 22.1. The van der Waals surface area contributed by atoms with E-state index in [0.29, 0.717) is 33.9 Å². The molecule has 1 saturated heterocycles. The fraction of sp³-hybridized carbons (Fsp3) is 0.233. The monoisotopic (exact) mass is 678 g/mol. The van der Waals surface area contributed by atoms with Gasteiger partial charge in [-0.05, 0) is 73.5 Å². The Morgan fingerprint density at radius 3 is 2.45 bits per heavy atom. The molecule has 1 N–H and O–H groups in total. The van der Waals surface area contributed by atoms with E-state index in [-0.39, 0.29) is 22.4 Å². The zero-order chi connectivity index (χ0) is 33.9. The molecule has 0 radical (unpaired) electrons. The van der Waals surface area contributed by atoms with Gasteiger partial charge in [-0.3, -0.25) is 9.69 Å². The Bertz CT molecular complexity index is 1820. The average molecular weight is 679 g/mol. The molecule has 3 aromatic carbocycles. The first kappa shape index (κ1) is 33.5. The molecule has 5 rings (SSSR count). The number of amides is 3. The van der Waals surface area contributed by atoms with Crippen LogP contribution in [0, 0.1) is 13.8 Å². The molecular weight excluding hydrogens is 654 g/mol. The van der Waals surface area contributed by atoms with Gasteiger partial charge in [-0.15, -0.1) is 18.3 Å². The number of hydrogen-bond acceptors (Lipinski definition) is 7. The largest absolute Gasteiger partial charge is 0.573 e. The quantitative estimate of drug-likeness (QED) is 0.196. The van der Waals surface area contributed by atoms with Gasteiger partial charge in [-0.25, -0.2) is 14.5 Å². The molecule has 0 saturated carbocycles. The molecule has 3 amide bonds. The van der Waals surface area contributed by atoms with E-state index in [4.69, 9.17) is 4.74 Å². The molecule has 47 heavy (non-hydrogen) atoms. The number of thioether (sulfide) groups is 1. The van der Waals surface area contributed by atoms with E-state index in [1.165, 1.54) is 28.0 Å². The predicted octanol–water partition coefficient (Wildman–Crippen LogP) is 7.20. The zero-order valence-corrected chi connectivity index (χ0v) is 25.3. The number of carbonyl (C=O) groups is 2. The number of anilines is 2. The van der Waals surface area contributed by atoms with E-state index in [2.05, 4.69) is 25.1 Å². The average Bonchev–Trinajstić information content (AvgIpc) is 3.61. The molecule has 0 bridgehead atoms. The third-order valence-electron chi connectivity index (χ3n) is 6.52. The van der Waals surface area contributed by atoms with Crippen LogP contribution in [0.3, 0.4) is 0 Å². The van der Waals surface area contributed by atoms with Crippen molar-refractivity contribution in [2.75, 3.05) is 22.6 Å². The van der Waals surface area contributed by atoms with Gasteiger partial charge in [0, 0.05) is 16.8 Å². The molecule has 0 spiro atoms. The highest BCUT2D eigenvalue weighted by Gasteiger charge is 2.33. The Morgan fingerprint density at radius 1 is 1.02 bits per heavy atom. The SMILES string of the molecule is Cc1ccc(COCC(F)(F)F)c(N2C(=O)CSC2=NC(=O)Nc2ccc(-c3ncn(-c4ccc(OC(F)(F)F)cc4)n3)cc2C)c1. The van der Waals surface area contributed by atoms with Gasteiger partial charge in [-0.1, -0.05) is 23.9 Å². The summed E-state index contributed by atoms with van der Waals surface area (Å²) < 4.78 is 85.3. The van der Waals surface area contributed by atoms with Crippen molar-refractivity contribution < 1.29 is 45.4 Å². The number of aryl methyl sites for hydroxylation is 2. The summed E-state index contributed by atoms with van der Waals surface area (Å²) in [5.41, 5.74) is 3.38. The number of urea groups is 1. The Labute approximate surface area is 267 Å². The van der Waals surface area contributed by atoms with Crippen LogP contribution in [0.5, 0.6) is 5.75 Å². The lowest BCUT2D eigenvalue weighted by atomic mass is 10.1. The Balaban J connectivity index is 1.29. The minimum Gasteiger partial charge on any atom is -0.406 e. The lowest BCUT2D eigenvalue weighted by molar-refractivity contribution is -0.274. The topological polar surface area (TPSA) is 111 Å². The van der Waals surface area contributed by atoms with Crippen molar-refractivity contribution in [2.45, 2.75) is 33.0 Å². The molecule has 1 aliphatic heterocycles. The van der Waals surface area contributed by atoms with Crippen LogP contribution in [0.15, 0.2) is 72.0 Å². The van der Waals surface area contributed by atoms with Crippen LogP contribution in [0.2, 0.25) is 0 Å². The molecular formula is C30H24F6N6O4S. The fourth-order valence-corrected chi connectivity index (χ4v) is 5.31.